The molecule has 1 fully saturated rings. The van der Waals surface area contributed by atoms with Crippen LogP contribution in [0.15, 0.2) is 23.9 Å². The predicted octanol–water partition coefficient (Wildman–Crippen LogP) is 3.87. The molecule has 0 aliphatic heterocycles. The van der Waals surface area contributed by atoms with Crippen LogP contribution >= 0.6 is 23.2 Å². The van der Waals surface area contributed by atoms with Gasteiger partial charge >= 0.3 is 5.97 Å². The molecular formula is C19H19Cl2N3O4. The smallest absolute Gasteiger partial charge is 0.346 e. The van der Waals surface area contributed by atoms with Crippen LogP contribution in [0.2, 0.25) is 0 Å². The minimum Gasteiger partial charge on any atom is -0.487 e. The van der Waals surface area contributed by atoms with Gasteiger partial charge in [-0.1, -0.05) is 0 Å². The molecular weight excluding hydrogens is 405 g/mol. The topological polar surface area (TPSA) is 96.9 Å². The van der Waals surface area contributed by atoms with Crippen molar-refractivity contribution in [2.75, 3.05) is 11.8 Å². The average molecular weight is 424 g/mol. The van der Waals surface area contributed by atoms with E-state index in [1.165, 1.54) is 6.08 Å². The van der Waals surface area contributed by atoms with Crippen molar-refractivity contribution in [3.8, 4) is 17.7 Å². The first-order chi connectivity index (χ1) is 13.6. The number of pyridine rings is 1. The van der Waals surface area contributed by atoms with Gasteiger partial charge in [-0.05, 0) is 43.9 Å². The van der Waals surface area contributed by atoms with Gasteiger partial charge in [-0.2, -0.15) is 10.2 Å². The number of carbonyl (C=O) groups is 1. The Morgan fingerprint density at radius 3 is 2.75 bits per heavy atom. The molecule has 0 unspecified atom stereocenters. The van der Waals surface area contributed by atoms with Crippen molar-refractivity contribution in [3.05, 3.63) is 29.6 Å². The highest BCUT2D eigenvalue weighted by atomic mass is 35.5. The molecule has 7 nitrogen and oxygen atoms in total. The van der Waals surface area contributed by atoms with E-state index in [1.54, 1.807) is 28.8 Å². The summed E-state index contributed by atoms with van der Waals surface area (Å²) in [6.07, 6.45) is 6.75. The lowest BCUT2D eigenvalue weighted by atomic mass is 10.2. The van der Waals surface area contributed by atoms with Crippen LogP contribution in [0.5, 0.6) is 11.6 Å². The molecule has 0 atom stereocenters. The number of carboxylic acids is 1. The van der Waals surface area contributed by atoms with Crippen molar-refractivity contribution < 1.29 is 19.4 Å². The Morgan fingerprint density at radius 1 is 1.43 bits per heavy atom. The van der Waals surface area contributed by atoms with Gasteiger partial charge in [-0.3, -0.25) is 4.40 Å². The summed E-state index contributed by atoms with van der Waals surface area (Å²) in [5, 5.41) is 18.4. The second-order valence-corrected chi connectivity index (χ2v) is 7.03. The number of carboxylic acid groups (broad SMARTS) is 1. The maximum atomic E-state index is 11.3. The normalized spacial score (nSPS) is 15.1. The van der Waals surface area contributed by atoms with E-state index in [1.807, 2.05) is 0 Å². The number of hydrogen-bond acceptors (Lipinski definition) is 5. The van der Waals surface area contributed by atoms with E-state index >= 15 is 0 Å². The largest absolute Gasteiger partial charge is 0.487 e. The van der Waals surface area contributed by atoms with Crippen LogP contribution in [0.25, 0.3) is 11.7 Å². The lowest BCUT2D eigenvalue weighted by Crippen LogP contribution is -2.20. The Kier molecular flexibility index (Phi) is 6.65. The van der Waals surface area contributed by atoms with Gasteiger partial charge in [0, 0.05) is 6.20 Å². The minimum absolute atomic E-state index is 0.124. The van der Waals surface area contributed by atoms with Crippen LogP contribution in [0.4, 0.5) is 0 Å². The molecule has 3 rings (SSSR count). The van der Waals surface area contributed by atoms with Crippen molar-refractivity contribution in [2.24, 2.45) is 0 Å². The van der Waals surface area contributed by atoms with Gasteiger partial charge in [0.2, 0.25) is 5.88 Å². The molecule has 1 N–H and O–H groups in total. The SMILES string of the molecule is N#CC(=Cc1c(OC(CCl)CCl)nc2c(OC3CCCC3)cccn12)C(=O)O. The molecule has 9 heteroatoms. The van der Waals surface area contributed by atoms with Gasteiger partial charge in [0.1, 0.15) is 23.4 Å². The number of alkyl halides is 2. The molecule has 2 heterocycles. The number of ether oxygens (including phenoxy) is 2. The molecule has 0 radical (unpaired) electrons. The Hall–Kier alpha value is -2.43. The Bertz CT molecular complexity index is 925. The molecule has 2 aromatic heterocycles. The highest BCUT2D eigenvalue weighted by Crippen LogP contribution is 2.31. The summed E-state index contributed by atoms with van der Waals surface area (Å²) >= 11 is 11.7. The first-order valence-electron chi connectivity index (χ1n) is 8.88. The van der Waals surface area contributed by atoms with Gasteiger partial charge in [0.05, 0.1) is 17.9 Å². The van der Waals surface area contributed by atoms with E-state index in [-0.39, 0.29) is 23.7 Å². The third-order valence-electron chi connectivity index (χ3n) is 4.47. The van der Waals surface area contributed by atoms with Crippen molar-refractivity contribution >= 4 is 40.9 Å². The lowest BCUT2D eigenvalue weighted by molar-refractivity contribution is -0.132. The van der Waals surface area contributed by atoms with E-state index in [2.05, 4.69) is 4.98 Å². The molecule has 0 bridgehead atoms. The third-order valence-corrected chi connectivity index (χ3v) is 5.16. The molecule has 28 heavy (non-hydrogen) atoms. The van der Waals surface area contributed by atoms with Crippen LogP contribution in [0, 0.1) is 11.3 Å². The second kappa shape index (κ2) is 9.18. The third kappa shape index (κ3) is 4.34. The lowest BCUT2D eigenvalue weighted by Gasteiger charge is -2.13. The number of imidazole rings is 1. The zero-order valence-electron chi connectivity index (χ0n) is 15.0. The molecule has 1 aliphatic rings. The molecule has 1 aliphatic carbocycles. The van der Waals surface area contributed by atoms with Crippen LogP contribution in [0.3, 0.4) is 0 Å². The fourth-order valence-corrected chi connectivity index (χ4v) is 3.53. The first-order valence-corrected chi connectivity index (χ1v) is 9.95. The van der Waals surface area contributed by atoms with Crippen LogP contribution < -0.4 is 9.47 Å². The van der Waals surface area contributed by atoms with Crippen LogP contribution in [-0.2, 0) is 4.79 Å². The maximum Gasteiger partial charge on any atom is 0.346 e. The summed E-state index contributed by atoms with van der Waals surface area (Å²) in [4.78, 5) is 15.8. The summed E-state index contributed by atoms with van der Waals surface area (Å²) < 4.78 is 13.5. The summed E-state index contributed by atoms with van der Waals surface area (Å²) in [7, 11) is 0. The van der Waals surface area contributed by atoms with E-state index < -0.39 is 17.6 Å². The number of aliphatic carboxylic acids is 1. The van der Waals surface area contributed by atoms with Gasteiger partial charge in [0.15, 0.2) is 11.4 Å². The van der Waals surface area contributed by atoms with E-state index in [4.69, 9.17) is 37.9 Å². The zero-order valence-corrected chi connectivity index (χ0v) is 16.5. The summed E-state index contributed by atoms with van der Waals surface area (Å²) in [6, 6.07) is 5.25. The number of rotatable bonds is 8. The van der Waals surface area contributed by atoms with Crippen molar-refractivity contribution in [3.63, 3.8) is 0 Å². The molecule has 0 saturated heterocycles. The Balaban J connectivity index is 2.11. The molecule has 0 aromatic carbocycles. The first kappa shape index (κ1) is 20.3. The number of aromatic nitrogens is 2. The molecule has 0 amide bonds. The van der Waals surface area contributed by atoms with E-state index in [0.717, 1.165) is 25.7 Å². The highest BCUT2D eigenvalue weighted by molar-refractivity contribution is 6.21. The quantitative estimate of drug-likeness (QED) is 0.393. The summed E-state index contributed by atoms with van der Waals surface area (Å²) in [5.41, 5.74) is 0.342. The highest BCUT2D eigenvalue weighted by Gasteiger charge is 2.23. The predicted molar refractivity (Wildman–Crippen MR) is 105 cm³/mol. The van der Waals surface area contributed by atoms with E-state index in [0.29, 0.717) is 17.1 Å². The van der Waals surface area contributed by atoms with Crippen molar-refractivity contribution in [1.82, 2.24) is 9.38 Å². The van der Waals surface area contributed by atoms with E-state index in [9.17, 15) is 9.90 Å². The van der Waals surface area contributed by atoms with Gasteiger partial charge < -0.3 is 14.6 Å². The van der Waals surface area contributed by atoms with Crippen LogP contribution in [0.1, 0.15) is 31.4 Å². The second-order valence-electron chi connectivity index (χ2n) is 6.42. The van der Waals surface area contributed by atoms with Crippen LogP contribution in [-0.4, -0.2) is 44.4 Å². The van der Waals surface area contributed by atoms with Gasteiger partial charge in [-0.25, -0.2) is 4.79 Å². The Labute approximate surface area is 172 Å². The number of nitrogens with zero attached hydrogens (tertiary/aromatic N) is 3. The maximum absolute atomic E-state index is 11.3. The number of nitriles is 1. The molecule has 1 saturated carbocycles. The zero-order chi connectivity index (χ0) is 20.1. The number of halogens is 2. The number of fused-ring (bicyclic) bond motifs is 1. The summed E-state index contributed by atoms with van der Waals surface area (Å²) in [6.45, 7) is 0. The minimum atomic E-state index is -1.34. The summed E-state index contributed by atoms with van der Waals surface area (Å²) in [5.74, 6) is -0.358. The molecule has 2 aromatic rings. The monoisotopic (exact) mass is 423 g/mol. The standard InChI is InChI=1S/C19H19Cl2N3O4/c20-9-14(10-21)28-18-15(8-12(11-22)19(25)26)24-7-3-6-16(17(24)23-18)27-13-4-1-2-5-13/h3,6-8,13-14H,1-2,4-5,9-10H2,(H,25,26). The molecule has 0 spiro atoms. The van der Waals surface area contributed by atoms with Crippen molar-refractivity contribution in [1.29, 1.82) is 5.26 Å². The van der Waals surface area contributed by atoms with Crippen molar-refractivity contribution in [2.45, 2.75) is 37.9 Å². The Morgan fingerprint density at radius 2 is 2.14 bits per heavy atom. The fraction of sp³-hybridized carbons (Fsp3) is 0.421. The fourth-order valence-electron chi connectivity index (χ4n) is 3.08. The molecule has 148 valence electrons. The van der Waals surface area contributed by atoms with Gasteiger partial charge in [0.25, 0.3) is 0 Å². The average Bonchev–Trinajstić information content (AvgIpc) is 3.32. The number of hydrogen-bond donors (Lipinski definition) is 1. The van der Waals surface area contributed by atoms with Gasteiger partial charge in [-0.15, -0.1) is 23.2 Å².